The number of aliphatic imine (C=N–C) groups is 1. The minimum absolute atomic E-state index is 0.228. The number of rotatable bonds is 5. The van der Waals surface area contributed by atoms with Gasteiger partial charge in [0, 0.05) is 23.5 Å². The van der Waals surface area contributed by atoms with Crippen molar-refractivity contribution in [1.82, 2.24) is 10.3 Å². The number of carbonyl (C=O) groups is 1. The minimum Gasteiger partial charge on any atom is -0.399 e. The van der Waals surface area contributed by atoms with Crippen molar-refractivity contribution in [1.29, 1.82) is 0 Å². The van der Waals surface area contributed by atoms with Crippen LogP contribution < -0.4 is 16.8 Å². The van der Waals surface area contributed by atoms with Gasteiger partial charge in [-0.15, -0.1) is 0 Å². The molecule has 0 spiro atoms. The molecule has 2 rings (SSSR count). The van der Waals surface area contributed by atoms with E-state index in [0.29, 0.717) is 52.8 Å². The maximum atomic E-state index is 11.7. The molecule has 0 aliphatic carbocycles. The number of carbonyl (C=O) groups excluding carboxylic acids is 1. The predicted molar refractivity (Wildman–Crippen MR) is 109 cm³/mol. The summed E-state index contributed by atoms with van der Waals surface area (Å²) in [6.45, 7) is 12.5. The first-order valence-electron chi connectivity index (χ1n) is 8.19. The summed E-state index contributed by atoms with van der Waals surface area (Å²) in [7, 11) is 0. The summed E-state index contributed by atoms with van der Waals surface area (Å²) >= 11 is 0. The van der Waals surface area contributed by atoms with Gasteiger partial charge in [0.1, 0.15) is 5.70 Å². The Balaban J connectivity index is 2.35. The average Bonchev–Trinajstić information content (AvgIpc) is 2.60. The Morgan fingerprint density at radius 1 is 1.38 bits per heavy atom. The molecule has 0 atom stereocenters. The number of piperazine rings is 1. The second kappa shape index (κ2) is 8.15. The molecule has 1 aromatic rings. The lowest BCUT2D eigenvalue weighted by Crippen LogP contribution is -2.43. The van der Waals surface area contributed by atoms with Gasteiger partial charge in [-0.25, -0.2) is 4.99 Å². The van der Waals surface area contributed by atoms with E-state index in [-0.39, 0.29) is 5.91 Å². The summed E-state index contributed by atoms with van der Waals surface area (Å²) in [5.74, 6) is -0.228. The molecule has 1 amide bonds. The molecule has 5 N–H and O–H groups in total. The van der Waals surface area contributed by atoms with Gasteiger partial charge in [-0.3, -0.25) is 9.80 Å². The van der Waals surface area contributed by atoms with Gasteiger partial charge in [-0.1, -0.05) is 19.2 Å². The summed E-state index contributed by atoms with van der Waals surface area (Å²) < 4.78 is 0. The normalized spacial score (nSPS) is 16.2. The van der Waals surface area contributed by atoms with Crippen LogP contribution in [-0.4, -0.2) is 35.4 Å². The lowest BCUT2D eigenvalue weighted by Gasteiger charge is -2.26. The van der Waals surface area contributed by atoms with Crippen LogP contribution in [0.3, 0.4) is 0 Å². The Morgan fingerprint density at radius 2 is 2.12 bits per heavy atom. The van der Waals surface area contributed by atoms with Crippen molar-refractivity contribution in [2.24, 2.45) is 10.1 Å². The van der Waals surface area contributed by atoms with Crippen LogP contribution in [0.4, 0.5) is 11.4 Å². The lowest BCUT2D eigenvalue weighted by molar-refractivity contribution is -0.120. The molecular weight excluding hydrogens is 328 g/mol. The Kier molecular flexibility index (Phi) is 5.95. The van der Waals surface area contributed by atoms with E-state index in [4.69, 9.17) is 11.5 Å². The van der Waals surface area contributed by atoms with Crippen molar-refractivity contribution in [3.8, 4) is 0 Å². The zero-order valence-corrected chi connectivity index (χ0v) is 15.1. The topological polar surface area (TPSA) is 109 Å². The number of hydrazone groups is 1. The number of nitrogens with zero attached hydrogens (tertiary/aromatic N) is 3. The zero-order valence-electron chi connectivity index (χ0n) is 15.1. The van der Waals surface area contributed by atoms with Crippen LogP contribution in [0.15, 0.2) is 59.3 Å². The van der Waals surface area contributed by atoms with Gasteiger partial charge < -0.3 is 16.8 Å². The van der Waals surface area contributed by atoms with Crippen LogP contribution in [0, 0.1) is 0 Å². The van der Waals surface area contributed by atoms with Crippen LogP contribution >= 0.6 is 0 Å². The molecule has 136 valence electrons. The first-order chi connectivity index (χ1) is 12.3. The second-order valence-electron chi connectivity index (χ2n) is 5.80. The fraction of sp³-hybridized carbons (Fsp3) is 0.211. The summed E-state index contributed by atoms with van der Waals surface area (Å²) in [4.78, 5) is 16.3. The van der Waals surface area contributed by atoms with Crippen molar-refractivity contribution in [3.05, 3.63) is 54.8 Å². The molecular formula is C19H24N6O. The molecule has 1 aromatic carbocycles. The van der Waals surface area contributed by atoms with E-state index >= 15 is 0 Å². The Bertz CT molecular complexity index is 834. The SMILES string of the molecule is C=C(N=C(/C=C\C)/C(C)=N/N1CCNC(=O)C1=C)c1cc(N)ccc1N. The van der Waals surface area contributed by atoms with Crippen molar-refractivity contribution in [2.45, 2.75) is 13.8 Å². The van der Waals surface area contributed by atoms with E-state index in [1.165, 1.54) is 0 Å². The number of allylic oxidation sites excluding steroid dienone is 2. The Hall–Kier alpha value is -3.35. The van der Waals surface area contributed by atoms with Crippen molar-refractivity contribution >= 4 is 34.4 Å². The number of benzene rings is 1. The van der Waals surface area contributed by atoms with Crippen molar-refractivity contribution < 1.29 is 4.79 Å². The van der Waals surface area contributed by atoms with Crippen molar-refractivity contribution in [3.63, 3.8) is 0 Å². The van der Waals surface area contributed by atoms with Crippen molar-refractivity contribution in [2.75, 3.05) is 24.6 Å². The van der Waals surface area contributed by atoms with E-state index in [1.807, 2.05) is 26.0 Å². The average molecular weight is 352 g/mol. The summed E-state index contributed by atoms with van der Waals surface area (Å²) in [6.07, 6.45) is 3.67. The maximum absolute atomic E-state index is 11.7. The molecule has 7 heteroatoms. The van der Waals surface area contributed by atoms with Gasteiger partial charge in [-0.05, 0) is 38.1 Å². The summed E-state index contributed by atoms with van der Waals surface area (Å²) in [5, 5.41) is 8.78. The molecule has 1 saturated heterocycles. The fourth-order valence-corrected chi connectivity index (χ4v) is 2.40. The number of nitrogens with two attached hydrogens (primary N) is 2. The van der Waals surface area contributed by atoms with Gasteiger partial charge >= 0.3 is 0 Å². The molecule has 0 unspecified atom stereocenters. The predicted octanol–water partition coefficient (Wildman–Crippen LogP) is 2.16. The van der Waals surface area contributed by atoms with Gasteiger partial charge in [0.05, 0.1) is 23.7 Å². The first-order valence-corrected chi connectivity index (χ1v) is 8.19. The molecule has 26 heavy (non-hydrogen) atoms. The largest absolute Gasteiger partial charge is 0.399 e. The maximum Gasteiger partial charge on any atom is 0.268 e. The molecule has 1 fully saturated rings. The fourth-order valence-electron chi connectivity index (χ4n) is 2.40. The third-order valence-corrected chi connectivity index (χ3v) is 3.79. The third-order valence-electron chi connectivity index (χ3n) is 3.79. The molecule has 7 nitrogen and oxygen atoms in total. The van der Waals surface area contributed by atoms with Crippen LogP contribution in [0.5, 0.6) is 0 Å². The monoisotopic (exact) mass is 352 g/mol. The van der Waals surface area contributed by atoms with E-state index in [2.05, 4.69) is 28.6 Å². The Labute approximate surface area is 153 Å². The highest BCUT2D eigenvalue weighted by Crippen LogP contribution is 2.24. The molecule has 0 aromatic heterocycles. The highest BCUT2D eigenvalue weighted by molar-refractivity contribution is 6.46. The Morgan fingerprint density at radius 3 is 2.81 bits per heavy atom. The van der Waals surface area contributed by atoms with Gasteiger partial charge in [0.25, 0.3) is 5.91 Å². The third kappa shape index (κ3) is 4.38. The molecule has 1 aliphatic heterocycles. The van der Waals surface area contributed by atoms with Crippen LogP contribution in [0.1, 0.15) is 19.4 Å². The standard InChI is InChI=1S/C19H24N6O/c1-5-6-18(13(3)24-25-10-9-22-19(26)14(25)4)23-12(2)16-11-15(20)7-8-17(16)21/h5-8,11H,2,4,9-10,20-21H2,1,3H3,(H,22,26)/b6-5-,23-18?,24-13+. The molecule has 1 aliphatic rings. The zero-order chi connectivity index (χ0) is 19.3. The van der Waals surface area contributed by atoms with Gasteiger partial charge in [0.15, 0.2) is 0 Å². The molecule has 1 heterocycles. The van der Waals surface area contributed by atoms with Crippen LogP contribution in [0.2, 0.25) is 0 Å². The minimum atomic E-state index is -0.228. The highest BCUT2D eigenvalue weighted by atomic mass is 16.2. The van der Waals surface area contributed by atoms with Gasteiger partial charge in [-0.2, -0.15) is 5.10 Å². The van der Waals surface area contributed by atoms with Crippen LogP contribution in [-0.2, 0) is 4.79 Å². The number of hydrogen-bond acceptors (Lipinski definition) is 6. The van der Waals surface area contributed by atoms with Crippen LogP contribution in [0.25, 0.3) is 5.70 Å². The van der Waals surface area contributed by atoms with Gasteiger partial charge in [0.2, 0.25) is 0 Å². The second-order valence-corrected chi connectivity index (χ2v) is 5.80. The molecule has 0 saturated carbocycles. The number of nitrogens with one attached hydrogen (secondary N) is 1. The first kappa shape index (κ1) is 19.0. The number of anilines is 2. The van der Waals surface area contributed by atoms with E-state index in [0.717, 1.165) is 0 Å². The highest BCUT2D eigenvalue weighted by Gasteiger charge is 2.20. The lowest BCUT2D eigenvalue weighted by atomic mass is 10.1. The summed E-state index contributed by atoms with van der Waals surface area (Å²) in [5.41, 5.74) is 15.6. The van der Waals surface area contributed by atoms with E-state index in [1.54, 1.807) is 23.2 Å². The molecule has 0 radical (unpaired) electrons. The number of hydrogen-bond donors (Lipinski definition) is 3. The summed E-state index contributed by atoms with van der Waals surface area (Å²) in [6, 6.07) is 5.18. The molecule has 0 bridgehead atoms. The smallest absolute Gasteiger partial charge is 0.268 e. The quantitative estimate of drug-likeness (QED) is 0.428. The van der Waals surface area contributed by atoms with E-state index < -0.39 is 0 Å². The number of amides is 1. The number of nitrogen functional groups attached to an aromatic ring is 2. The van der Waals surface area contributed by atoms with E-state index in [9.17, 15) is 4.79 Å².